The van der Waals surface area contributed by atoms with Crippen molar-refractivity contribution in [2.75, 3.05) is 53.2 Å². The van der Waals surface area contributed by atoms with Gasteiger partial charge in [-0.05, 0) is 87.3 Å². The van der Waals surface area contributed by atoms with Gasteiger partial charge in [-0.15, -0.1) is 0 Å². The van der Waals surface area contributed by atoms with E-state index < -0.39 is 30.0 Å². The number of nitrogens with one attached hydrogen (secondary N) is 3. The van der Waals surface area contributed by atoms with E-state index in [4.69, 9.17) is 26.4 Å². The summed E-state index contributed by atoms with van der Waals surface area (Å²) < 4.78 is 39.2. The predicted molar refractivity (Wildman–Crippen MR) is 221 cm³/mol. The Balaban J connectivity index is 0.891. The van der Waals surface area contributed by atoms with E-state index in [0.29, 0.717) is 64.8 Å². The summed E-state index contributed by atoms with van der Waals surface area (Å²) >= 11 is 6.71. The molecule has 5 aliphatic rings. The maximum Gasteiger partial charge on any atom is 0.301 e. The number of ether oxygens (including phenoxy) is 1. The van der Waals surface area contributed by atoms with Crippen molar-refractivity contribution in [1.82, 2.24) is 29.6 Å². The van der Waals surface area contributed by atoms with Crippen LogP contribution in [0.25, 0.3) is 21.8 Å². The first-order valence-corrected chi connectivity index (χ1v) is 20.8. The van der Waals surface area contributed by atoms with E-state index in [1.807, 2.05) is 17.8 Å². The van der Waals surface area contributed by atoms with Crippen molar-refractivity contribution in [1.29, 1.82) is 0 Å². The number of carbonyl (C=O) groups is 2. The summed E-state index contributed by atoms with van der Waals surface area (Å²) in [5, 5.41) is 15.4. The van der Waals surface area contributed by atoms with Crippen LogP contribution < -0.4 is 36.0 Å². The Morgan fingerprint density at radius 1 is 0.949 bits per heavy atom. The maximum absolute atomic E-state index is 15.2. The molecule has 0 bridgehead atoms. The molecule has 3 atom stereocenters. The lowest BCUT2D eigenvalue weighted by molar-refractivity contribution is -0.134. The smallest absolute Gasteiger partial charge is 0.301 e. The summed E-state index contributed by atoms with van der Waals surface area (Å²) in [6, 6.07) is 10.6. The highest BCUT2D eigenvalue weighted by Crippen LogP contribution is 2.46. The zero-order valence-electron chi connectivity index (χ0n) is 32.9. The van der Waals surface area contributed by atoms with Crippen molar-refractivity contribution in [3.63, 3.8) is 0 Å². The Bertz CT molecular complexity index is 2610. The highest BCUT2D eigenvalue weighted by Gasteiger charge is 2.51. The van der Waals surface area contributed by atoms with Crippen LogP contribution in [0.2, 0.25) is 5.02 Å². The Labute approximate surface area is 343 Å². The Morgan fingerprint density at radius 2 is 1.73 bits per heavy atom. The molecule has 14 nitrogen and oxygen atoms in total. The second-order valence-electron chi connectivity index (χ2n) is 17.1. The number of rotatable bonds is 6. The summed E-state index contributed by atoms with van der Waals surface area (Å²) in [5.74, 6) is -3.46. The Morgan fingerprint density at radius 3 is 2.51 bits per heavy atom. The minimum Gasteiger partial charge on any atom is -0.480 e. The van der Waals surface area contributed by atoms with Gasteiger partial charge in [-0.3, -0.25) is 24.4 Å². The van der Waals surface area contributed by atoms with Gasteiger partial charge in [0.15, 0.2) is 12.4 Å². The number of imide groups is 1. The molecule has 0 radical (unpaired) electrons. The average molecular weight is 827 g/mol. The van der Waals surface area contributed by atoms with Gasteiger partial charge in [0.1, 0.15) is 5.02 Å². The van der Waals surface area contributed by atoms with Gasteiger partial charge in [0.25, 0.3) is 5.56 Å². The normalized spacial score (nSPS) is 24.4. The van der Waals surface area contributed by atoms with Gasteiger partial charge in [0.2, 0.25) is 23.5 Å². The van der Waals surface area contributed by atoms with E-state index in [1.54, 1.807) is 25.4 Å². The molecule has 3 aromatic heterocycles. The first kappa shape index (κ1) is 37.7. The molecule has 59 heavy (non-hydrogen) atoms. The van der Waals surface area contributed by atoms with E-state index in [-0.39, 0.29) is 34.6 Å². The number of nitrogens with zero attached hydrogens (tertiary/aromatic N) is 7. The molecular formula is C42H45ClF2N10O4. The number of benzene rings is 2. The summed E-state index contributed by atoms with van der Waals surface area (Å²) in [5.41, 5.74) is 3.73. The maximum atomic E-state index is 15.2. The fourth-order valence-electron chi connectivity index (χ4n) is 9.84. The molecule has 2 unspecified atom stereocenters. The first-order valence-electron chi connectivity index (χ1n) is 20.4. The lowest BCUT2D eigenvalue weighted by Crippen LogP contribution is -2.53. The quantitative estimate of drug-likeness (QED) is 0.167. The minimum atomic E-state index is -3.14. The predicted octanol–water partition coefficient (Wildman–Crippen LogP) is 6.24. The van der Waals surface area contributed by atoms with E-state index in [1.165, 1.54) is 4.57 Å². The summed E-state index contributed by atoms with van der Waals surface area (Å²) in [6.07, 6.45) is 7.89. The summed E-state index contributed by atoms with van der Waals surface area (Å²) in [6.45, 7) is 2.48. The van der Waals surface area contributed by atoms with Crippen molar-refractivity contribution < 1.29 is 23.1 Å². The zero-order valence-corrected chi connectivity index (χ0v) is 33.6. The molecule has 3 N–H and O–H groups in total. The second-order valence-corrected chi connectivity index (χ2v) is 17.5. The average Bonchev–Trinajstić information content (AvgIpc) is 4.02. The topological polar surface area (TPSA) is 152 Å². The Hall–Kier alpha value is -5.51. The monoisotopic (exact) mass is 826 g/mol. The molecule has 308 valence electrons. The van der Waals surface area contributed by atoms with E-state index in [0.717, 1.165) is 68.5 Å². The largest absolute Gasteiger partial charge is 0.480 e. The molecule has 1 aliphatic carbocycles. The van der Waals surface area contributed by atoms with Crippen LogP contribution in [0.5, 0.6) is 5.75 Å². The molecular weight excluding hydrogens is 782 g/mol. The van der Waals surface area contributed by atoms with Crippen molar-refractivity contribution in [3.05, 3.63) is 63.7 Å². The fourth-order valence-corrected chi connectivity index (χ4v) is 9.98. The lowest BCUT2D eigenvalue weighted by Gasteiger charge is -2.49. The Kier molecular flexibility index (Phi) is 8.99. The van der Waals surface area contributed by atoms with Gasteiger partial charge < -0.3 is 29.7 Å². The van der Waals surface area contributed by atoms with E-state index in [2.05, 4.69) is 48.9 Å². The zero-order chi connectivity index (χ0) is 40.8. The van der Waals surface area contributed by atoms with Crippen LogP contribution >= 0.6 is 11.6 Å². The number of aryl methyl sites for hydroxylation is 2. The van der Waals surface area contributed by atoms with Crippen LogP contribution in [0.4, 0.5) is 37.6 Å². The number of anilines is 5. The van der Waals surface area contributed by atoms with Crippen molar-refractivity contribution in [3.8, 4) is 5.75 Å². The van der Waals surface area contributed by atoms with Crippen molar-refractivity contribution in [2.45, 2.75) is 69.2 Å². The van der Waals surface area contributed by atoms with Crippen LogP contribution in [0, 0.1) is 11.3 Å². The third kappa shape index (κ3) is 6.68. The number of amides is 2. The van der Waals surface area contributed by atoms with Gasteiger partial charge in [0, 0.05) is 74.3 Å². The number of pyridine rings is 1. The number of hydrogen-bond acceptors (Lipinski definition) is 11. The molecule has 2 aromatic carbocycles. The lowest BCUT2D eigenvalue weighted by atomic mass is 9.73. The van der Waals surface area contributed by atoms with Gasteiger partial charge in [-0.1, -0.05) is 11.6 Å². The summed E-state index contributed by atoms with van der Waals surface area (Å²) in [7, 11) is 3.50. The standard InChI is InChI=1S/C42H45ClF2N10O4/c1-52-30-11-7-24(17-28(30)34-35(39(52)58)59-22-42(44,45)36(49-34)23-5-6-23)47-37-29(43)19-46-40(50-37)55-16-4-14-41(21-55)13-3-15-54(20-41)25-8-9-26-31(18-25)53(2)51-33(26)27-10-12-32(56)48-38(27)57/h7-9,11,17-19,23,27,36,49H,3-6,10,12-16,20-22H2,1-2H3,(H,46,47,50)(H,48,56,57)/t27?,36-,41?/m0/s1. The summed E-state index contributed by atoms with van der Waals surface area (Å²) in [4.78, 5) is 52.1. The van der Waals surface area contributed by atoms with Gasteiger partial charge in [0.05, 0.1) is 40.6 Å². The highest BCUT2D eigenvalue weighted by atomic mass is 35.5. The molecule has 7 heterocycles. The molecule has 3 saturated heterocycles. The van der Waals surface area contributed by atoms with Gasteiger partial charge in [-0.2, -0.15) is 10.1 Å². The number of halogens is 3. The number of fused-ring (bicyclic) bond motifs is 4. The number of hydrogen-bond donors (Lipinski definition) is 3. The number of piperidine rings is 3. The van der Waals surface area contributed by atoms with Crippen LogP contribution in [-0.4, -0.2) is 80.9 Å². The SMILES string of the molecule is Cn1nc(C2CCC(=O)NC2=O)c2ccc(N3CCCC4(CCCN(c5ncc(Cl)c(Nc6ccc7c(c6)c6c(c(=O)n7C)OCC(F)(F)[C@H](C7CC7)N6)n5)C4)C3)cc21. The first-order chi connectivity index (χ1) is 28.4. The van der Waals surface area contributed by atoms with Crippen molar-refractivity contribution in [2.24, 2.45) is 25.4 Å². The molecule has 1 spiro atoms. The highest BCUT2D eigenvalue weighted by molar-refractivity contribution is 6.33. The van der Waals surface area contributed by atoms with Crippen LogP contribution in [-0.2, 0) is 23.7 Å². The van der Waals surface area contributed by atoms with Crippen LogP contribution in [0.3, 0.4) is 0 Å². The molecule has 4 aliphatic heterocycles. The minimum absolute atomic E-state index is 0.00266. The van der Waals surface area contributed by atoms with E-state index >= 15 is 8.78 Å². The fraction of sp³-hybridized carbons (Fsp3) is 0.476. The number of aromatic nitrogens is 5. The number of carbonyl (C=O) groups excluding carboxylic acids is 2. The second kappa shape index (κ2) is 14.1. The van der Waals surface area contributed by atoms with Gasteiger partial charge >= 0.3 is 5.92 Å². The number of alkyl halides is 2. The third-order valence-electron chi connectivity index (χ3n) is 13.0. The molecule has 17 heteroatoms. The van der Waals surface area contributed by atoms with E-state index in [9.17, 15) is 14.4 Å². The molecule has 5 aromatic rings. The van der Waals surface area contributed by atoms with Crippen LogP contribution in [0.15, 0.2) is 47.4 Å². The van der Waals surface area contributed by atoms with Crippen molar-refractivity contribution >= 4 is 74.0 Å². The molecule has 10 rings (SSSR count). The molecule has 1 saturated carbocycles. The molecule has 2 amide bonds. The van der Waals surface area contributed by atoms with Crippen LogP contribution in [0.1, 0.15) is 63.0 Å². The molecule has 4 fully saturated rings. The third-order valence-corrected chi connectivity index (χ3v) is 13.3. The van der Waals surface area contributed by atoms with Gasteiger partial charge in [-0.25, -0.2) is 13.8 Å².